The molecule has 0 amide bonds. The Labute approximate surface area is 141 Å². The van der Waals surface area contributed by atoms with Crippen molar-refractivity contribution in [3.05, 3.63) is 6.33 Å². The molecule has 23 heavy (non-hydrogen) atoms. The molecule has 0 unspecified atom stereocenters. The highest BCUT2D eigenvalue weighted by molar-refractivity contribution is 8.76. The normalized spacial score (nSPS) is 24.8. The summed E-state index contributed by atoms with van der Waals surface area (Å²) in [5.41, 5.74) is 7.05. The van der Waals surface area contributed by atoms with Crippen LogP contribution in [0.1, 0.15) is 26.5 Å². The summed E-state index contributed by atoms with van der Waals surface area (Å²) in [6.45, 7) is 3.97. The van der Waals surface area contributed by atoms with Crippen molar-refractivity contribution >= 4 is 38.7 Å². The molecule has 126 valence electrons. The predicted octanol–water partition coefficient (Wildman–Crippen LogP) is 1.20. The first-order valence-corrected chi connectivity index (χ1v) is 9.48. The molecule has 1 saturated heterocycles. The molecule has 0 aromatic carbocycles. The van der Waals surface area contributed by atoms with E-state index in [0.717, 1.165) is 0 Å². The maximum atomic E-state index is 9.90. The van der Waals surface area contributed by atoms with Gasteiger partial charge in [-0.2, -0.15) is 4.98 Å². The number of rotatable bonds is 5. The average Bonchev–Trinajstić information content (AvgIpc) is 3.07. The highest BCUT2D eigenvalue weighted by Gasteiger charge is 2.35. The molecule has 0 radical (unpaired) electrons. The van der Waals surface area contributed by atoms with Gasteiger partial charge in [0.25, 0.3) is 0 Å². The summed E-state index contributed by atoms with van der Waals surface area (Å²) in [5, 5.41) is 20.3. The molecular formula is C13H19N5O3S2. The van der Waals surface area contributed by atoms with Crippen LogP contribution < -0.4 is 5.73 Å². The fraction of sp³-hybridized carbons (Fsp3) is 0.615. The molecule has 8 nitrogen and oxygen atoms in total. The second-order valence-corrected chi connectivity index (χ2v) is 8.32. The van der Waals surface area contributed by atoms with Gasteiger partial charge in [0.1, 0.15) is 22.9 Å². The Kier molecular flexibility index (Phi) is 4.97. The van der Waals surface area contributed by atoms with E-state index in [1.807, 2.05) is 0 Å². The smallest absolute Gasteiger partial charge is 0.223 e. The standard InChI is InChI=1S/C13H19N5O3S2/c1-6(2)22-23-12-10-11(16-13(14)17-12)18(5-15-10)9-3-7(20)8(4-19)21-9/h5-9,19-20H,3-4H2,1-2H3,(H2,14,16,17)/t7-,8+,9+/m0/s1. The summed E-state index contributed by atoms with van der Waals surface area (Å²) in [6.07, 6.45) is 0.232. The molecule has 2 aromatic rings. The van der Waals surface area contributed by atoms with Gasteiger partial charge in [-0.05, 0) is 10.8 Å². The zero-order chi connectivity index (χ0) is 16.6. The van der Waals surface area contributed by atoms with Crippen molar-refractivity contribution in [2.45, 2.75) is 49.0 Å². The minimum atomic E-state index is -0.716. The lowest BCUT2D eigenvalue weighted by Gasteiger charge is -2.14. The number of ether oxygens (including phenoxy) is 1. The highest BCUT2D eigenvalue weighted by Crippen LogP contribution is 2.38. The second kappa shape index (κ2) is 6.81. The average molecular weight is 357 g/mol. The van der Waals surface area contributed by atoms with Crippen LogP contribution in [0.4, 0.5) is 5.95 Å². The number of nitrogens with zero attached hydrogens (tertiary/aromatic N) is 4. The molecule has 3 atom stereocenters. The molecule has 0 aliphatic carbocycles. The van der Waals surface area contributed by atoms with E-state index in [2.05, 4.69) is 28.8 Å². The predicted molar refractivity (Wildman–Crippen MR) is 89.9 cm³/mol. The lowest BCUT2D eigenvalue weighted by molar-refractivity contribution is -0.0432. The molecule has 1 aliphatic heterocycles. The molecule has 3 rings (SSSR count). The van der Waals surface area contributed by atoms with Crippen molar-refractivity contribution in [2.75, 3.05) is 12.3 Å². The van der Waals surface area contributed by atoms with E-state index < -0.39 is 18.4 Å². The summed E-state index contributed by atoms with van der Waals surface area (Å²) in [5.74, 6) is 0.170. The van der Waals surface area contributed by atoms with Gasteiger partial charge in [0.2, 0.25) is 5.95 Å². The topological polar surface area (TPSA) is 119 Å². The van der Waals surface area contributed by atoms with Crippen LogP contribution in [0.2, 0.25) is 0 Å². The first kappa shape index (κ1) is 16.8. The van der Waals surface area contributed by atoms with Crippen LogP contribution >= 0.6 is 21.6 Å². The van der Waals surface area contributed by atoms with E-state index >= 15 is 0 Å². The summed E-state index contributed by atoms with van der Waals surface area (Å²) in [4.78, 5) is 12.9. The van der Waals surface area contributed by atoms with Crippen LogP contribution in [0.25, 0.3) is 11.2 Å². The number of aliphatic hydroxyl groups is 2. The van der Waals surface area contributed by atoms with Crippen LogP contribution in [0.3, 0.4) is 0 Å². The number of anilines is 1. The fourth-order valence-electron chi connectivity index (χ4n) is 2.37. The molecule has 0 saturated carbocycles. The summed E-state index contributed by atoms with van der Waals surface area (Å²) < 4.78 is 7.40. The summed E-state index contributed by atoms with van der Waals surface area (Å²) in [6, 6.07) is 0. The first-order chi connectivity index (χ1) is 11.0. The van der Waals surface area contributed by atoms with Gasteiger partial charge in [-0.1, -0.05) is 24.6 Å². The largest absolute Gasteiger partial charge is 0.394 e. The maximum absolute atomic E-state index is 9.90. The Balaban J connectivity index is 1.94. The Morgan fingerprint density at radius 3 is 2.91 bits per heavy atom. The van der Waals surface area contributed by atoms with Gasteiger partial charge in [0.05, 0.1) is 19.0 Å². The number of imidazole rings is 1. The second-order valence-electron chi connectivity index (χ2n) is 5.55. The van der Waals surface area contributed by atoms with E-state index in [9.17, 15) is 10.2 Å². The minimum absolute atomic E-state index is 0.170. The zero-order valence-electron chi connectivity index (χ0n) is 12.8. The monoisotopic (exact) mass is 357 g/mol. The molecule has 0 spiro atoms. The van der Waals surface area contributed by atoms with Gasteiger partial charge in [-0.3, -0.25) is 4.57 Å². The highest BCUT2D eigenvalue weighted by atomic mass is 33.1. The summed E-state index contributed by atoms with van der Waals surface area (Å²) in [7, 11) is 3.18. The number of hydrogen-bond acceptors (Lipinski definition) is 9. The number of fused-ring (bicyclic) bond motifs is 1. The lowest BCUT2D eigenvalue weighted by atomic mass is 10.2. The maximum Gasteiger partial charge on any atom is 0.223 e. The van der Waals surface area contributed by atoms with E-state index in [4.69, 9.17) is 10.5 Å². The zero-order valence-corrected chi connectivity index (χ0v) is 14.4. The van der Waals surface area contributed by atoms with E-state index in [1.54, 1.807) is 21.7 Å². The van der Waals surface area contributed by atoms with Crippen LogP contribution in [-0.4, -0.2) is 53.8 Å². The molecule has 4 N–H and O–H groups in total. The van der Waals surface area contributed by atoms with Crippen molar-refractivity contribution in [2.24, 2.45) is 0 Å². The van der Waals surface area contributed by atoms with Gasteiger partial charge < -0.3 is 20.7 Å². The first-order valence-electron chi connectivity index (χ1n) is 7.27. The Hall–Kier alpha value is -1.07. The van der Waals surface area contributed by atoms with Gasteiger partial charge in [-0.25, -0.2) is 9.97 Å². The van der Waals surface area contributed by atoms with Crippen LogP contribution in [0, 0.1) is 0 Å². The molecule has 3 heterocycles. The van der Waals surface area contributed by atoms with Gasteiger partial charge in [-0.15, -0.1) is 0 Å². The Bertz CT molecular complexity index is 696. The number of aliphatic hydroxyl groups excluding tert-OH is 2. The van der Waals surface area contributed by atoms with Crippen LogP contribution in [0.5, 0.6) is 0 Å². The quantitative estimate of drug-likeness (QED) is 0.535. The fourth-order valence-corrected chi connectivity index (χ4v) is 4.20. The Morgan fingerprint density at radius 2 is 2.26 bits per heavy atom. The molecular weight excluding hydrogens is 338 g/mol. The number of aromatic nitrogens is 4. The molecule has 1 aliphatic rings. The van der Waals surface area contributed by atoms with Crippen molar-refractivity contribution in [1.82, 2.24) is 19.5 Å². The van der Waals surface area contributed by atoms with Gasteiger partial charge in [0.15, 0.2) is 5.65 Å². The summed E-state index contributed by atoms with van der Waals surface area (Å²) >= 11 is 0. The SMILES string of the molecule is CC(C)SSc1nc(N)nc2c1ncn2[C@H]1C[C@H](O)[C@@H](CO)O1. The van der Waals surface area contributed by atoms with E-state index in [-0.39, 0.29) is 12.6 Å². The van der Waals surface area contributed by atoms with Crippen molar-refractivity contribution in [1.29, 1.82) is 0 Å². The number of nitrogen functional groups attached to an aromatic ring is 1. The molecule has 0 bridgehead atoms. The molecule has 10 heteroatoms. The van der Waals surface area contributed by atoms with Crippen LogP contribution in [-0.2, 0) is 4.74 Å². The lowest BCUT2D eigenvalue weighted by Crippen LogP contribution is -2.24. The van der Waals surface area contributed by atoms with Gasteiger partial charge >= 0.3 is 0 Å². The number of nitrogens with two attached hydrogens (primary N) is 1. The van der Waals surface area contributed by atoms with Crippen LogP contribution in [0.15, 0.2) is 11.4 Å². The van der Waals surface area contributed by atoms with E-state index in [1.165, 1.54) is 10.8 Å². The van der Waals surface area contributed by atoms with Crippen molar-refractivity contribution < 1.29 is 14.9 Å². The molecule has 1 fully saturated rings. The van der Waals surface area contributed by atoms with Crippen molar-refractivity contribution in [3.63, 3.8) is 0 Å². The van der Waals surface area contributed by atoms with Gasteiger partial charge in [0, 0.05) is 11.7 Å². The third-order valence-electron chi connectivity index (χ3n) is 3.42. The van der Waals surface area contributed by atoms with Crippen molar-refractivity contribution in [3.8, 4) is 0 Å². The number of hydrogen-bond donors (Lipinski definition) is 3. The third-order valence-corrected chi connectivity index (χ3v) is 6.26. The third kappa shape index (κ3) is 3.41. The van der Waals surface area contributed by atoms with E-state index in [0.29, 0.717) is 27.9 Å². The Morgan fingerprint density at radius 1 is 1.48 bits per heavy atom. The minimum Gasteiger partial charge on any atom is -0.394 e. The molecule has 2 aromatic heterocycles.